The number of imidazole rings is 1. The number of rotatable bonds is 6. The minimum absolute atomic E-state index is 0.238. The van der Waals surface area contributed by atoms with Crippen LogP contribution >= 0.6 is 0 Å². The number of carbonyl (C=O) groups is 1. The summed E-state index contributed by atoms with van der Waals surface area (Å²) >= 11 is 0. The largest absolute Gasteiger partial charge is 0.349 e. The highest BCUT2D eigenvalue weighted by Gasteiger charge is 2.09. The van der Waals surface area contributed by atoms with Gasteiger partial charge in [0.1, 0.15) is 0 Å². The highest BCUT2D eigenvalue weighted by molar-refractivity contribution is 5.91. The zero-order chi connectivity index (χ0) is 12.8. The maximum Gasteiger partial charge on any atom is 0.273 e. The van der Waals surface area contributed by atoms with Crippen LogP contribution in [0.2, 0.25) is 0 Å². The lowest BCUT2D eigenvalue weighted by molar-refractivity contribution is 0.0947. The Labute approximate surface area is 104 Å². The number of nitrogens with one attached hydrogen (secondary N) is 1. The van der Waals surface area contributed by atoms with Crippen molar-refractivity contribution in [2.24, 2.45) is 5.73 Å². The quantitative estimate of drug-likeness (QED) is 0.673. The van der Waals surface area contributed by atoms with Gasteiger partial charge in [-0.15, -0.1) is 5.10 Å². The molecular weight excluding hydrogens is 234 g/mol. The molecule has 0 atom stereocenters. The van der Waals surface area contributed by atoms with E-state index in [0.29, 0.717) is 31.9 Å². The van der Waals surface area contributed by atoms with Crippen molar-refractivity contribution in [3.05, 3.63) is 30.6 Å². The van der Waals surface area contributed by atoms with Gasteiger partial charge in [-0.25, -0.2) is 4.98 Å². The van der Waals surface area contributed by atoms with Crippen LogP contribution in [-0.2, 0) is 13.1 Å². The Bertz CT molecular complexity index is 490. The summed E-state index contributed by atoms with van der Waals surface area (Å²) in [4.78, 5) is 15.6. The zero-order valence-electron chi connectivity index (χ0n) is 9.86. The van der Waals surface area contributed by atoms with Crippen LogP contribution in [0.5, 0.6) is 0 Å². The van der Waals surface area contributed by atoms with Crippen molar-refractivity contribution in [3.63, 3.8) is 0 Å². The highest BCUT2D eigenvalue weighted by Crippen LogP contribution is 1.93. The SMILES string of the molecule is NCCn1cc(C(=O)NCCn2ccnc2)nn1. The minimum Gasteiger partial charge on any atom is -0.349 e. The van der Waals surface area contributed by atoms with E-state index in [0.717, 1.165) is 0 Å². The maximum atomic E-state index is 11.7. The highest BCUT2D eigenvalue weighted by atomic mass is 16.2. The van der Waals surface area contributed by atoms with E-state index in [-0.39, 0.29) is 5.91 Å². The summed E-state index contributed by atoms with van der Waals surface area (Å²) in [7, 11) is 0. The summed E-state index contributed by atoms with van der Waals surface area (Å²) < 4.78 is 3.43. The van der Waals surface area contributed by atoms with Gasteiger partial charge in [0.2, 0.25) is 0 Å². The molecule has 0 aliphatic heterocycles. The summed E-state index contributed by atoms with van der Waals surface area (Å²) in [5, 5.41) is 10.3. The standard InChI is InChI=1S/C10H15N7O/c11-1-4-17-7-9(14-15-17)10(18)13-3-6-16-5-2-12-8-16/h2,5,7-8H,1,3-4,6,11H2,(H,13,18). The Balaban J connectivity index is 1.80. The Kier molecular flexibility index (Phi) is 4.02. The molecule has 0 radical (unpaired) electrons. The molecular formula is C10H15N7O. The number of aromatic nitrogens is 5. The second-order valence-electron chi connectivity index (χ2n) is 3.71. The molecule has 0 aromatic carbocycles. The average molecular weight is 249 g/mol. The summed E-state index contributed by atoms with van der Waals surface area (Å²) in [6, 6.07) is 0. The Morgan fingerprint density at radius 2 is 2.33 bits per heavy atom. The summed E-state index contributed by atoms with van der Waals surface area (Å²) in [5.41, 5.74) is 5.68. The maximum absolute atomic E-state index is 11.7. The second kappa shape index (κ2) is 5.92. The van der Waals surface area contributed by atoms with E-state index in [1.807, 2.05) is 10.8 Å². The molecule has 0 fully saturated rings. The molecule has 2 rings (SSSR count). The molecule has 0 aliphatic rings. The average Bonchev–Trinajstić information content (AvgIpc) is 3.00. The number of amides is 1. The normalized spacial score (nSPS) is 10.5. The monoisotopic (exact) mass is 249 g/mol. The molecule has 1 amide bonds. The molecule has 0 saturated heterocycles. The van der Waals surface area contributed by atoms with Crippen LogP contribution in [0.15, 0.2) is 24.9 Å². The number of carbonyl (C=O) groups excluding carboxylic acids is 1. The van der Waals surface area contributed by atoms with Crippen LogP contribution in [0.3, 0.4) is 0 Å². The van der Waals surface area contributed by atoms with Crippen molar-refractivity contribution in [2.75, 3.05) is 13.1 Å². The van der Waals surface area contributed by atoms with Crippen LogP contribution in [-0.4, -0.2) is 43.5 Å². The van der Waals surface area contributed by atoms with Crippen LogP contribution in [0, 0.1) is 0 Å². The lowest BCUT2D eigenvalue weighted by atomic mass is 10.4. The van der Waals surface area contributed by atoms with Gasteiger partial charge in [-0.05, 0) is 0 Å². The van der Waals surface area contributed by atoms with Crippen LogP contribution in [0.4, 0.5) is 0 Å². The van der Waals surface area contributed by atoms with Gasteiger partial charge in [-0.1, -0.05) is 5.21 Å². The van der Waals surface area contributed by atoms with E-state index in [9.17, 15) is 4.79 Å². The van der Waals surface area contributed by atoms with Crippen molar-refractivity contribution in [1.82, 2.24) is 29.9 Å². The molecule has 0 aliphatic carbocycles. The number of hydrogen-bond donors (Lipinski definition) is 2. The fraction of sp³-hybridized carbons (Fsp3) is 0.400. The number of nitrogens with zero attached hydrogens (tertiary/aromatic N) is 5. The second-order valence-corrected chi connectivity index (χ2v) is 3.71. The first-order chi connectivity index (χ1) is 8.79. The molecule has 2 aromatic rings. The molecule has 96 valence electrons. The van der Waals surface area contributed by atoms with Crippen molar-refractivity contribution >= 4 is 5.91 Å². The Morgan fingerprint density at radius 3 is 3.06 bits per heavy atom. The molecule has 2 aromatic heterocycles. The third-order valence-corrected chi connectivity index (χ3v) is 2.34. The van der Waals surface area contributed by atoms with E-state index in [1.54, 1.807) is 23.4 Å². The third kappa shape index (κ3) is 3.14. The molecule has 8 nitrogen and oxygen atoms in total. The van der Waals surface area contributed by atoms with Gasteiger partial charge in [-0.3, -0.25) is 9.48 Å². The molecule has 0 saturated carbocycles. The first-order valence-corrected chi connectivity index (χ1v) is 5.63. The first-order valence-electron chi connectivity index (χ1n) is 5.63. The van der Waals surface area contributed by atoms with Crippen molar-refractivity contribution in [2.45, 2.75) is 13.1 Å². The van der Waals surface area contributed by atoms with Gasteiger partial charge in [0.15, 0.2) is 5.69 Å². The smallest absolute Gasteiger partial charge is 0.273 e. The molecule has 0 spiro atoms. The van der Waals surface area contributed by atoms with E-state index in [4.69, 9.17) is 5.73 Å². The molecule has 0 unspecified atom stereocenters. The van der Waals surface area contributed by atoms with Crippen molar-refractivity contribution < 1.29 is 4.79 Å². The summed E-state index contributed by atoms with van der Waals surface area (Å²) in [5.74, 6) is -0.238. The van der Waals surface area contributed by atoms with E-state index >= 15 is 0 Å². The van der Waals surface area contributed by atoms with E-state index in [2.05, 4.69) is 20.6 Å². The van der Waals surface area contributed by atoms with Gasteiger partial charge in [0.05, 0.1) is 19.1 Å². The van der Waals surface area contributed by atoms with Gasteiger partial charge in [-0.2, -0.15) is 0 Å². The molecule has 2 heterocycles. The topological polar surface area (TPSA) is 104 Å². The minimum atomic E-state index is -0.238. The summed E-state index contributed by atoms with van der Waals surface area (Å²) in [6.45, 7) is 2.20. The third-order valence-electron chi connectivity index (χ3n) is 2.34. The van der Waals surface area contributed by atoms with Gasteiger partial charge < -0.3 is 15.6 Å². The number of nitrogens with two attached hydrogens (primary N) is 1. The van der Waals surface area contributed by atoms with Crippen molar-refractivity contribution in [3.8, 4) is 0 Å². The van der Waals surface area contributed by atoms with Gasteiger partial charge >= 0.3 is 0 Å². The van der Waals surface area contributed by atoms with Crippen molar-refractivity contribution in [1.29, 1.82) is 0 Å². The lowest BCUT2D eigenvalue weighted by Gasteiger charge is -2.03. The number of hydrogen-bond acceptors (Lipinski definition) is 5. The fourth-order valence-electron chi connectivity index (χ4n) is 1.45. The molecule has 18 heavy (non-hydrogen) atoms. The summed E-state index contributed by atoms with van der Waals surface area (Å²) in [6.07, 6.45) is 6.81. The lowest BCUT2D eigenvalue weighted by Crippen LogP contribution is -2.27. The predicted molar refractivity (Wildman–Crippen MR) is 63.6 cm³/mol. The fourth-order valence-corrected chi connectivity index (χ4v) is 1.45. The molecule has 3 N–H and O–H groups in total. The van der Waals surface area contributed by atoms with Crippen LogP contribution in [0.1, 0.15) is 10.5 Å². The molecule has 0 bridgehead atoms. The van der Waals surface area contributed by atoms with E-state index in [1.165, 1.54) is 0 Å². The van der Waals surface area contributed by atoms with E-state index < -0.39 is 0 Å². The van der Waals surface area contributed by atoms with Crippen LogP contribution in [0.25, 0.3) is 0 Å². The molecule has 8 heteroatoms. The Morgan fingerprint density at radius 1 is 1.44 bits per heavy atom. The van der Waals surface area contributed by atoms with Gasteiger partial charge in [0.25, 0.3) is 5.91 Å². The van der Waals surface area contributed by atoms with Gasteiger partial charge in [0, 0.05) is 32.0 Å². The zero-order valence-corrected chi connectivity index (χ0v) is 9.86. The van der Waals surface area contributed by atoms with Crippen LogP contribution < -0.4 is 11.1 Å². The Hall–Kier alpha value is -2.22. The predicted octanol–water partition coefficient (Wildman–Crippen LogP) is -1.14. The first kappa shape index (κ1) is 12.2.